The molecule has 29 aromatic rings. The van der Waals surface area contributed by atoms with Crippen LogP contribution in [-0.4, -0.2) is 59.4 Å². The maximum absolute atomic E-state index is 7.31. The molecule has 362 valence electrons. The third kappa shape index (κ3) is 2.08. The van der Waals surface area contributed by atoms with E-state index in [1.165, 1.54) is 5.56 Å². The molecule has 35 rings (SSSR count). The largest absolute Gasteiger partial charge is 0.487 e. The van der Waals surface area contributed by atoms with E-state index in [1.807, 2.05) is 0 Å². The van der Waals surface area contributed by atoms with Gasteiger partial charge in [0.25, 0.3) is 0 Å². The Kier molecular flexibility index (Phi) is 3.50. The maximum Gasteiger partial charge on any atom is 0.166 e. The van der Waals surface area contributed by atoms with Gasteiger partial charge in [0.15, 0.2) is 11.5 Å². The second-order valence-corrected chi connectivity index (χ2v) is 28.5. The Morgan fingerprint density at radius 1 is 0.268 bits per heavy atom. The molecule has 6 nitrogen and oxygen atoms in total. The van der Waals surface area contributed by atoms with Gasteiger partial charge in [0, 0.05) is 12.1 Å². The molecule has 1 saturated heterocycles. The molecule has 29 aromatic carbocycles. The van der Waals surface area contributed by atoms with Crippen LogP contribution in [0.5, 0.6) is 11.5 Å². The summed E-state index contributed by atoms with van der Waals surface area (Å²) in [5, 5.41) is 92.5. The molecule has 0 aromatic heterocycles. The van der Waals surface area contributed by atoms with E-state index in [2.05, 4.69) is 18.2 Å². The standard InChI is InChI=1S/C76H23NO5/c1-2-13(73-14(3-1)81-10-8-79-6-4-78-5-7-80-9-11-82-73)74-76-71-65-59-49-37-29-21-17-15-16-19-23(21)31(37)41-35-27(19)28-20(16)24-22-18(15)26-25(17)33-39(29)47-53-43(33)44-34(26)40-30(22)38-32(24)42-36(28)46-45(35)57(51(41)59)67(71)68-58(46)52(42)60-50(38)56-48(40)54(44)62-61(53)69(63(65)55(47)49)75(76,12-77-74)70(62)64(56)66(60)72(68)76/h1-3,74,77H,4-12H2. The summed E-state index contributed by atoms with van der Waals surface area (Å²) in [5.74, 6) is 1.64. The first kappa shape index (κ1) is 33.8. The van der Waals surface area contributed by atoms with E-state index < -0.39 is 10.8 Å². The topological polar surface area (TPSA) is 58.2 Å². The summed E-state index contributed by atoms with van der Waals surface area (Å²) in [7, 11) is 0. The van der Waals surface area contributed by atoms with Gasteiger partial charge in [-0.1, -0.05) is 12.1 Å². The Hall–Kier alpha value is -8.88. The Balaban J connectivity index is 0.948. The Morgan fingerprint density at radius 2 is 0.512 bits per heavy atom. The molecule has 1 N–H and O–H groups in total. The maximum atomic E-state index is 7.31. The van der Waals surface area contributed by atoms with Gasteiger partial charge in [-0.25, -0.2) is 0 Å². The predicted octanol–water partition coefficient (Wildman–Crippen LogP) is 17.5. The van der Waals surface area contributed by atoms with Crippen molar-refractivity contribution in [1.82, 2.24) is 5.32 Å². The second kappa shape index (κ2) is 8.50. The summed E-state index contributed by atoms with van der Waals surface area (Å²) in [6.07, 6.45) is 0. The van der Waals surface area contributed by atoms with Gasteiger partial charge in [-0.2, -0.15) is 0 Å². The zero-order valence-corrected chi connectivity index (χ0v) is 42.7. The van der Waals surface area contributed by atoms with Crippen LogP contribution in [-0.2, 0) is 25.0 Å². The number of hydrogen-bond acceptors (Lipinski definition) is 6. The molecular weight excluding hydrogens is 1010 g/mol. The van der Waals surface area contributed by atoms with Crippen molar-refractivity contribution in [3.8, 4) is 11.5 Å². The minimum absolute atomic E-state index is 0.144. The zero-order valence-electron chi connectivity index (χ0n) is 42.7. The smallest absolute Gasteiger partial charge is 0.166 e. The van der Waals surface area contributed by atoms with E-state index >= 15 is 0 Å². The predicted molar refractivity (Wildman–Crippen MR) is 335 cm³/mol. The molecule has 1 fully saturated rings. The highest BCUT2D eigenvalue weighted by Crippen LogP contribution is 2.86. The van der Waals surface area contributed by atoms with Gasteiger partial charge in [0.1, 0.15) is 13.2 Å². The fourth-order valence-electron chi connectivity index (χ4n) is 27.0. The van der Waals surface area contributed by atoms with Crippen LogP contribution in [0.15, 0.2) is 18.2 Å². The third-order valence-electron chi connectivity index (χ3n) is 27.6. The van der Waals surface area contributed by atoms with Crippen molar-refractivity contribution in [1.29, 1.82) is 0 Å². The summed E-state index contributed by atoms with van der Waals surface area (Å²) in [4.78, 5) is 0. The highest BCUT2D eigenvalue weighted by Gasteiger charge is 2.75. The van der Waals surface area contributed by atoms with Crippen molar-refractivity contribution in [3.63, 3.8) is 0 Å². The summed E-state index contributed by atoms with van der Waals surface area (Å²) < 4.78 is 32.5. The number of hydrogen-bond donors (Lipinski definition) is 1. The molecule has 6 aliphatic rings. The number of para-hydroxylation sites is 1. The Morgan fingerprint density at radius 3 is 0.805 bits per heavy atom. The molecule has 6 heteroatoms. The quantitative estimate of drug-likeness (QED) is 0.165. The lowest BCUT2D eigenvalue weighted by molar-refractivity contribution is 0.00705. The molecule has 0 amide bonds. The van der Waals surface area contributed by atoms with Crippen molar-refractivity contribution in [3.05, 3.63) is 46.0 Å². The lowest BCUT2D eigenvalue weighted by Gasteiger charge is -2.52. The fraction of sp³-hybridized carbons (Fsp3) is 0.158. The lowest BCUT2D eigenvalue weighted by Crippen LogP contribution is -2.52. The van der Waals surface area contributed by atoms with Crippen LogP contribution >= 0.6 is 0 Å². The molecule has 82 heavy (non-hydrogen) atoms. The van der Waals surface area contributed by atoms with Crippen LogP contribution < -0.4 is 14.8 Å². The van der Waals surface area contributed by atoms with Crippen LogP contribution in [0.1, 0.15) is 33.9 Å². The number of rotatable bonds is 1. The van der Waals surface area contributed by atoms with Crippen LogP contribution in [0.4, 0.5) is 0 Å². The van der Waals surface area contributed by atoms with E-state index in [1.54, 1.807) is 313 Å². The molecular formula is C76H23NO5. The minimum atomic E-state index is -0.523. The number of ether oxygens (including phenoxy) is 5. The van der Waals surface area contributed by atoms with E-state index in [0.717, 1.165) is 18.0 Å². The molecule has 0 radical (unpaired) electrons. The molecule has 2 aliphatic heterocycles. The number of fused-ring (bicyclic) bond motifs is 1. The van der Waals surface area contributed by atoms with Gasteiger partial charge in [-0.15, -0.1) is 0 Å². The Labute approximate surface area is 451 Å². The van der Waals surface area contributed by atoms with Gasteiger partial charge in [-0.3, -0.25) is 0 Å². The summed E-state index contributed by atoms with van der Waals surface area (Å²) in [6, 6.07) is 6.71. The first-order chi connectivity index (χ1) is 40.9. The average Bonchev–Trinajstić information content (AvgIpc) is 1.58. The number of benzene rings is 19. The lowest BCUT2D eigenvalue weighted by atomic mass is 9.47. The van der Waals surface area contributed by atoms with Crippen LogP contribution in [0.25, 0.3) is 291 Å². The summed E-state index contributed by atoms with van der Waals surface area (Å²) >= 11 is 0. The van der Waals surface area contributed by atoms with E-state index in [9.17, 15) is 0 Å². The zero-order chi connectivity index (χ0) is 49.5. The van der Waals surface area contributed by atoms with Crippen molar-refractivity contribution in [2.45, 2.75) is 16.9 Å². The Bertz CT molecular complexity index is 7560. The molecule has 1 atom stereocenters. The van der Waals surface area contributed by atoms with Gasteiger partial charge in [0.05, 0.1) is 56.5 Å². The molecule has 2 spiro atoms. The van der Waals surface area contributed by atoms with Gasteiger partial charge in [-0.05, 0) is 319 Å². The average molecular weight is 1030 g/mol. The van der Waals surface area contributed by atoms with Crippen LogP contribution in [0.3, 0.4) is 0 Å². The molecule has 0 bridgehead atoms. The SMILES string of the molecule is c1cc2c(c(C3NCC45c6c7c8c9c%10c%11c(c%12c%13c4c4c6c6c%14c7c7c8c8c%10c%10c%15c%11c%11c%12c%12c%13c%13c4c4c6c6c%14c%14c7c7c8c%10c8c%10c%15c%11c%11c%12c%12c%13c4c4c6c6c%14c7c8c7c%10c%11c%12c4c67)C935)c1)OCCOCCOCCOCCO2. The first-order valence-corrected chi connectivity index (χ1v) is 30.5. The van der Waals surface area contributed by atoms with Gasteiger partial charge < -0.3 is 29.0 Å². The van der Waals surface area contributed by atoms with Crippen molar-refractivity contribution in [2.24, 2.45) is 0 Å². The molecule has 4 aliphatic carbocycles. The molecule has 2 heterocycles. The minimum Gasteiger partial charge on any atom is -0.487 e. The van der Waals surface area contributed by atoms with Crippen molar-refractivity contribution >= 4 is 291 Å². The number of nitrogens with one attached hydrogen (secondary N) is 1. The third-order valence-corrected chi connectivity index (χ3v) is 27.6. The first-order valence-electron chi connectivity index (χ1n) is 30.5. The fourth-order valence-corrected chi connectivity index (χ4v) is 27.0. The highest BCUT2D eigenvalue weighted by atomic mass is 16.6. The highest BCUT2D eigenvalue weighted by molar-refractivity contribution is 6.82. The molecule has 1 unspecified atom stereocenters. The van der Waals surface area contributed by atoms with Crippen LogP contribution in [0.2, 0.25) is 0 Å². The van der Waals surface area contributed by atoms with Crippen molar-refractivity contribution < 1.29 is 23.7 Å². The summed E-state index contributed by atoms with van der Waals surface area (Å²) in [6.45, 7) is 4.76. The van der Waals surface area contributed by atoms with Crippen molar-refractivity contribution in [2.75, 3.05) is 59.4 Å². The van der Waals surface area contributed by atoms with Gasteiger partial charge >= 0.3 is 0 Å². The summed E-state index contributed by atoms with van der Waals surface area (Å²) in [5.41, 5.74) is 6.96. The van der Waals surface area contributed by atoms with E-state index in [0.29, 0.717) is 52.9 Å². The van der Waals surface area contributed by atoms with Crippen LogP contribution in [0, 0.1) is 0 Å². The van der Waals surface area contributed by atoms with E-state index in [4.69, 9.17) is 29.0 Å². The van der Waals surface area contributed by atoms with Gasteiger partial charge in [0.2, 0.25) is 0 Å². The monoisotopic (exact) mass is 1030 g/mol. The second-order valence-electron chi connectivity index (χ2n) is 28.5. The normalized spacial score (nSPS) is 23.9. The molecule has 0 saturated carbocycles. The van der Waals surface area contributed by atoms with E-state index in [-0.39, 0.29) is 6.04 Å².